The summed E-state index contributed by atoms with van der Waals surface area (Å²) in [4.78, 5) is 0. The number of fused-ring (bicyclic) bond motifs is 1. The molecular weight excluding hydrogens is 218 g/mol. The molecule has 0 radical (unpaired) electrons. The van der Waals surface area contributed by atoms with Crippen LogP contribution in [0.2, 0.25) is 0 Å². The minimum absolute atomic E-state index is 0.405. The van der Waals surface area contributed by atoms with Gasteiger partial charge in [-0.25, -0.2) is 0 Å². The molecule has 0 aliphatic heterocycles. The number of aryl methyl sites for hydroxylation is 1. The zero-order chi connectivity index (χ0) is 12.4. The first kappa shape index (κ1) is 11.5. The van der Waals surface area contributed by atoms with Crippen molar-refractivity contribution in [2.45, 2.75) is 31.8 Å². The zero-order valence-electron chi connectivity index (χ0n) is 10.8. The molecule has 92 valence electrons. The van der Waals surface area contributed by atoms with Crippen LogP contribution in [0.15, 0.2) is 54.6 Å². The average molecular weight is 237 g/mol. The summed E-state index contributed by atoms with van der Waals surface area (Å²) in [6, 6.07) is 20.4. The van der Waals surface area contributed by atoms with Gasteiger partial charge < -0.3 is 5.32 Å². The van der Waals surface area contributed by atoms with Crippen molar-refractivity contribution in [2.24, 2.45) is 0 Å². The molecule has 0 heterocycles. The molecule has 0 spiro atoms. The molecule has 3 rings (SSSR count). The van der Waals surface area contributed by atoms with Crippen LogP contribution >= 0.6 is 0 Å². The monoisotopic (exact) mass is 237 g/mol. The Bertz CT molecular complexity index is 518. The third-order valence-electron chi connectivity index (χ3n) is 3.88. The first-order valence-corrected chi connectivity index (χ1v) is 6.73. The maximum Gasteiger partial charge on any atom is 0.0331 e. The smallest absolute Gasteiger partial charge is 0.0331 e. The predicted molar refractivity (Wildman–Crippen MR) is 75.5 cm³/mol. The van der Waals surface area contributed by atoms with E-state index in [4.69, 9.17) is 0 Å². The van der Waals surface area contributed by atoms with E-state index in [1.54, 1.807) is 0 Å². The molecular formula is C17H19N. The van der Waals surface area contributed by atoms with E-state index in [1.807, 2.05) is 0 Å². The Morgan fingerprint density at radius 2 is 1.72 bits per heavy atom. The van der Waals surface area contributed by atoms with Crippen molar-refractivity contribution in [3.63, 3.8) is 0 Å². The number of hydrogen-bond acceptors (Lipinski definition) is 1. The van der Waals surface area contributed by atoms with Crippen LogP contribution in [-0.2, 0) is 6.42 Å². The van der Waals surface area contributed by atoms with Gasteiger partial charge in [-0.3, -0.25) is 0 Å². The van der Waals surface area contributed by atoms with E-state index in [1.165, 1.54) is 29.5 Å². The highest BCUT2D eigenvalue weighted by Crippen LogP contribution is 2.32. The molecule has 1 aliphatic rings. The van der Waals surface area contributed by atoms with Crippen molar-refractivity contribution < 1.29 is 0 Å². The van der Waals surface area contributed by atoms with Gasteiger partial charge in [0.15, 0.2) is 0 Å². The fourth-order valence-electron chi connectivity index (χ4n) is 2.87. The summed E-state index contributed by atoms with van der Waals surface area (Å²) in [5.41, 5.74) is 4.36. The first-order chi connectivity index (χ1) is 8.84. The highest BCUT2D eigenvalue weighted by atomic mass is 14.9. The van der Waals surface area contributed by atoms with Gasteiger partial charge in [-0.15, -0.1) is 0 Å². The third-order valence-corrected chi connectivity index (χ3v) is 3.88. The molecule has 0 aromatic heterocycles. The molecule has 2 aromatic rings. The molecule has 1 nitrogen and oxygen atoms in total. The van der Waals surface area contributed by atoms with Crippen molar-refractivity contribution in [3.8, 4) is 0 Å². The van der Waals surface area contributed by atoms with E-state index in [0.717, 1.165) is 0 Å². The molecule has 1 N–H and O–H groups in total. The van der Waals surface area contributed by atoms with E-state index >= 15 is 0 Å². The molecule has 2 atom stereocenters. The van der Waals surface area contributed by atoms with Gasteiger partial charge in [-0.05, 0) is 36.5 Å². The summed E-state index contributed by atoms with van der Waals surface area (Å²) in [7, 11) is 0. The summed E-state index contributed by atoms with van der Waals surface area (Å²) in [6.45, 7) is 2.25. The molecule has 0 fully saturated rings. The normalized spacial score (nSPS) is 19.5. The number of rotatable bonds is 3. The molecule has 0 amide bonds. The SMILES string of the molecule is CC(NC1CCc2ccccc21)c1ccccc1. The van der Waals surface area contributed by atoms with Gasteiger partial charge in [-0.1, -0.05) is 54.6 Å². The zero-order valence-corrected chi connectivity index (χ0v) is 10.8. The van der Waals surface area contributed by atoms with Crippen LogP contribution in [0.25, 0.3) is 0 Å². The second-order valence-corrected chi connectivity index (χ2v) is 5.09. The van der Waals surface area contributed by atoms with Crippen molar-refractivity contribution in [1.82, 2.24) is 5.32 Å². The van der Waals surface area contributed by atoms with Crippen molar-refractivity contribution in [1.29, 1.82) is 0 Å². The predicted octanol–water partition coefficient (Wildman–Crippen LogP) is 4.02. The number of hydrogen-bond donors (Lipinski definition) is 1. The summed E-state index contributed by atoms with van der Waals surface area (Å²) in [5, 5.41) is 3.75. The Hall–Kier alpha value is -1.60. The Labute approximate surface area is 109 Å². The van der Waals surface area contributed by atoms with E-state index < -0.39 is 0 Å². The van der Waals surface area contributed by atoms with Crippen LogP contribution in [0, 0.1) is 0 Å². The lowest BCUT2D eigenvalue weighted by molar-refractivity contribution is 0.465. The van der Waals surface area contributed by atoms with Crippen molar-refractivity contribution in [2.75, 3.05) is 0 Å². The quantitative estimate of drug-likeness (QED) is 0.850. The molecule has 1 aliphatic carbocycles. The fourth-order valence-corrected chi connectivity index (χ4v) is 2.87. The van der Waals surface area contributed by atoms with E-state index in [0.29, 0.717) is 12.1 Å². The maximum atomic E-state index is 3.75. The lowest BCUT2D eigenvalue weighted by Crippen LogP contribution is -2.22. The lowest BCUT2D eigenvalue weighted by atomic mass is 10.0. The number of benzene rings is 2. The Kier molecular flexibility index (Phi) is 3.16. The largest absolute Gasteiger partial charge is 0.303 e. The molecule has 1 heteroatoms. The van der Waals surface area contributed by atoms with E-state index in [2.05, 4.69) is 66.8 Å². The van der Waals surface area contributed by atoms with Crippen molar-refractivity contribution >= 4 is 0 Å². The van der Waals surface area contributed by atoms with Gasteiger partial charge >= 0.3 is 0 Å². The Morgan fingerprint density at radius 3 is 2.56 bits per heavy atom. The first-order valence-electron chi connectivity index (χ1n) is 6.73. The Balaban J connectivity index is 1.75. The molecule has 18 heavy (non-hydrogen) atoms. The molecule has 2 unspecified atom stereocenters. The highest BCUT2D eigenvalue weighted by Gasteiger charge is 2.23. The van der Waals surface area contributed by atoms with Crippen molar-refractivity contribution in [3.05, 3.63) is 71.3 Å². The lowest BCUT2D eigenvalue weighted by Gasteiger charge is -2.20. The number of nitrogens with one attached hydrogen (secondary N) is 1. The third kappa shape index (κ3) is 2.19. The van der Waals surface area contributed by atoms with Crippen LogP contribution in [0.5, 0.6) is 0 Å². The average Bonchev–Trinajstić information content (AvgIpc) is 2.83. The topological polar surface area (TPSA) is 12.0 Å². The van der Waals surface area contributed by atoms with Crippen LogP contribution in [-0.4, -0.2) is 0 Å². The highest BCUT2D eigenvalue weighted by molar-refractivity contribution is 5.34. The second kappa shape index (κ2) is 4.95. The van der Waals surface area contributed by atoms with Gasteiger partial charge in [0.2, 0.25) is 0 Å². The summed E-state index contributed by atoms with van der Waals surface area (Å²) in [6.07, 6.45) is 2.42. The molecule has 0 saturated heterocycles. The van der Waals surface area contributed by atoms with Crippen LogP contribution in [0.3, 0.4) is 0 Å². The minimum Gasteiger partial charge on any atom is -0.303 e. The van der Waals surface area contributed by atoms with Crippen LogP contribution in [0.1, 0.15) is 42.1 Å². The minimum atomic E-state index is 0.405. The Morgan fingerprint density at radius 1 is 1.00 bits per heavy atom. The molecule has 2 aromatic carbocycles. The summed E-state index contributed by atoms with van der Waals surface area (Å²) >= 11 is 0. The second-order valence-electron chi connectivity index (χ2n) is 5.09. The molecule has 0 saturated carbocycles. The van der Waals surface area contributed by atoms with Crippen LogP contribution < -0.4 is 5.32 Å². The molecule has 0 bridgehead atoms. The van der Waals surface area contributed by atoms with Gasteiger partial charge in [-0.2, -0.15) is 0 Å². The fraction of sp³-hybridized carbons (Fsp3) is 0.294. The van der Waals surface area contributed by atoms with E-state index in [-0.39, 0.29) is 0 Å². The van der Waals surface area contributed by atoms with Gasteiger partial charge in [0.25, 0.3) is 0 Å². The maximum absolute atomic E-state index is 3.75. The van der Waals surface area contributed by atoms with Gasteiger partial charge in [0, 0.05) is 12.1 Å². The van der Waals surface area contributed by atoms with Crippen LogP contribution in [0.4, 0.5) is 0 Å². The van der Waals surface area contributed by atoms with Gasteiger partial charge in [0.1, 0.15) is 0 Å². The summed E-state index contributed by atoms with van der Waals surface area (Å²) < 4.78 is 0. The van der Waals surface area contributed by atoms with Gasteiger partial charge in [0.05, 0.1) is 0 Å². The standard InChI is InChI=1S/C17H19N/c1-13(14-7-3-2-4-8-14)18-17-12-11-15-9-5-6-10-16(15)17/h2-10,13,17-18H,11-12H2,1H3. The van der Waals surface area contributed by atoms with E-state index in [9.17, 15) is 0 Å². The summed E-state index contributed by atoms with van der Waals surface area (Å²) in [5.74, 6) is 0.